The predicted molar refractivity (Wildman–Crippen MR) is 148 cm³/mol. The van der Waals surface area contributed by atoms with Crippen LogP contribution in [0.15, 0.2) is 60.7 Å². The fourth-order valence-corrected chi connectivity index (χ4v) is 6.12. The summed E-state index contributed by atoms with van der Waals surface area (Å²) < 4.78 is 33.1. The van der Waals surface area contributed by atoms with Crippen molar-refractivity contribution in [1.82, 2.24) is 0 Å². The van der Waals surface area contributed by atoms with Crippen molar-refractivity contribution >= 4 is 7.37 Å². The van der Waals surface area contributed by atoms with E-state index in [4.69, 9.17) is 4.74 Å². The molecule has 1 unspecified atom stereocenters. The first-order valence-electron chi connectivity index (χ1n) is 13.0. The molecule has 198 valence electrons. The van der Waals surface area contributed by atoms with E-state index in [1.54, 1.807) is 0 Å². The van der Waals surface area contributed by atoms with E-state index in [0.29, 0.717) is 24.3 Å². The molecule has 0 aliphatic heterocycles. The van der Waals surface area contributed by atoms with E-state index in [2.05, 4.69) is 33.8 Å². The second kappa shape index (κ2) is 10.6. The molecule has 4 nitrogen and oxygen atoms in total. The molecule has 1 aliphatic rings. The van der Waals surface area contributed by atoms with Crippen LogP contribution in [0.5, 0.6) is 11.5 Å². The molecule has 3 atom stereocenters. The summed E-state index contributed by atoms with van der Waals surface area (Å²) in [6.07, 6.45) is 2.48. The van der Waals surface area contributed by atoms with Gasteiger partial charge < -0.3 is 14.7 Å². The summed E-state index contributed by atoms with van der Waals surface area (Å²) in [6.45, 7) is 10.4. The molecule has 3 aromatic carbocycles. The highest BCUT2D eigenvalue weighted by Crippen LogP contribution is 2.51. The molecule has 37 heavy (non-hydrogen) atoms. The van der Waals surface area contributed by atoms with Crippen molar-refractivity contribution in [3.8, 4) is 22.6 Å². The van der Waals surface area contributed by atoms with E-state index in [-0.39, 0.29) is 28.8 Å². The van der Waals surface area contributed by atoms with Crippen LogP contribution < -0.4 is 4.74 Å². The van der Waals surface area contributed by atoms with Gasteiger partial charge in [0.1, 0.15) is 23.9 Å². The Morgan fingerprint density at radius 3 is 2.43 bits per heavy atom. The monoisotopic (exact) mass is 524 g/mol. The Hall–Kier alpha value is -2.62. The lowest BCUT2D eigenvalue weighted by atomic mass is 9.75. The van der Waals surface area contributed by atoms with Crippen molar-refractivity contribution < 1.29 is 23.7 Å². The molecule has 3 aromatic rings. The van der Waals surface area contributed by atoms with Gasteiger partial charge in [-0.3, -0.25) is 4.57 Å². The highest BCUT2D eigenvalue weighted by Gasteiger charge is 2.35. The first-order valence-corrected chi connectivity index (χ1v) is 15.2. The maximum Gasteiger partial charge on any atom is 0.198 e. The fraction of sp³-hybridized carbons (Fsp3) is 0.419. The van der Waals surface area contributed by atoms with Gasteiger partial charge in [-0.15, -0.1) is 0 Å². The Kier molecular flexibility index (Phi) is 7.88. The quantitative estimate of drug-likeness (QED) is 0.276. The van der Waals surface area contributed by atoms with Gasteiger partial charge in [0.2, 0.25) is 0 Å². The minimum atomic E-state index is -3.13. The number of phenols is 1. The van der Waals surface area contributed by atoms with Gasteiger partial charge in [-0.25, -0.2) is 4.39 Å². The van der Waals surface area contributed by atoms with E-state index in [1.807, 2.05) is 36.4 Å². The summed E-state index contributed by atoms with van der Waals surface area (Å²) in [7, 11) is -3.13. The Labute approximate surface area is 220 Å². The zero-order valence-corrected chi connectivity index (χ0v) is 23.3. The average molecular weight is 525 g/mol. The highest BCUT2D eigenvalue weighted by atomic mass is 31.2. The molecule has 1 fully saturated rings. The normalized spacial score (nSPS) is 17.2. The number of ether oxygens (including phenoxy) is 1. The molecule has 6 heteroatoms. The number of phenolic OH excluding ortho intramolecular Hbond substituents is 1. The third kappa shape index (κ3) is 7.03. The molecule has 1 saturated carbocycles. The van der Waals surface area contributed by atoms with Crippen LogP contribution in [0.25, 0.3) is 11.1 Å². The molecule has 0 radical (unpaired) electrons. The molecular weight excluding hydrogens is 486 g/mol. The lowest BCUT2D eigenvalue weighted by Gasteiger charge is -2.30. The molecule has 0 saturated heterocycles. The number of rotatable bonds is 9. The molecule has 4 rings (SSSR count). The minimum Gasteiger partial charge on any atom is -0.508 e. The van der Waals surface area contributed by atoms with Gasteiger partial charge in [-0.1, -0.05) is 58.0 Å². The summed E-state index contributed by atoms with van der Waals surface area (Å²) >= 11 is 0. The van der Waals surface area contributed by atoms with Gasteiger partial charge in [0.15, 0.2) is 7.37 Å². The number of halogens is 1. The predicted octanol–water partition coefficient (Wildman–Crippen LogP) is 8.32. The van der Waals surface area contributed by atoms with Gasteiger partial charge in [-0.2, -0.15) is 0 Å². The lowest BCUT2D eigenvalue weighted by Crippen LogP contribution is -2.16. The van der Waals surface area contributed by atoms with E-state index in [9.17, 15) is 19.0 Å². The SMILES string of the molecule is C[C@H](c1cc(COc2cccc([C@@H](CP(C)(=O)O)C3CC3)c2)ccc1-c1cc(O)ccc1F)C(C)(C)C. The van der Waals surface area contributed by atoms with Crippen LogP contribution in [-0.4, -0.2) is 22.8 Å². The summed E-state index contributed by atoms with van der Waals surface area (Å²) in [4.78, 5) is 10.00. The molecule has 0 heterocycles. The Morgan fingerprint density at radius 2 is 1.78 bits per heavy atom. The van der Waals surface area contributed by atoms with E-state index < -0.39 is 7.37 Å². The molecular formula is C31H38FO4P. The van der Waals surface area contributed by atoms with Crippen LogP contribution in [0.2, 0.25) is 0 Å². The van der Waals surface area contributed by atoms with Crippen molar-refractivity contribution in [1.29, 1.82) is 0 Å². The van der Waals surface area contributed by atoms with E-state index in [0.717, 1.165) is 40.8 Å². The Morgan fingerprint density at radius 1 is 1.05 bits per heavy atom. The van der Waals surface area contributed by atoms with Crippen molar-refractivity contribution in [3.05, 3.63) is 83.2 Å². The second-order valence-corrected chi connectivity index (χ2v) is 14.2. The molecule has 1 aliphatic carbocycles. The third-order valence-electron chi connectivity index (χ3n) is 7.54. The van der Waals surface area contributed by atoms with Crippen molar-refractivity contribution in [2.45, 2.75) is 59.0 Å². The van der Waals surface area contributed by atoms with Crippen LogP contribution in [0, 0.1) is 17.2 Å². The average Bonchev–Trinajstić information content (AvgIpc) is 3.67. The Bertz CT molecular complexity index is 1300. The molecule has 2 N–H and O–H groups in total. The molecule has 0 aromatic heterocycles. The standard InChI is InChI=1S/C31H38FO4P/c1-20(31(2,3)4)27-15-21(9-13-26(27)28-17-24(33)12-14-30(28)32)18-36-25-8-6-7-23(16-25)29(22-10-11-22)19-37(5,34)35/h6-9,12-17,20,22,29,33H,10-11,18-19H2,1-5H3,(H,34,35)/t20-,29+/m1/s1. The van der Waals surface area contributed by atoms with Crippen molar-refractivity contribution in [2.75, 3.05) is 12.8 Å². The summed E-state index contributed by atoms with van der Waals surface area (Å²) in [6, 6.07) is 17.9. The maximum atomic E-state index is 14.8. The topological polar surface area (TPSA) is 66.8 Å². The van der Waals surface area contributed by atoms with Gasteiger partial charge in [0.25, 0.3) is 0 Å². The second-order valence-electron chi connectivity index (χ2n) is 11.7. The molecule has 0 bridgehead atoms. The largest absolute Gasteiger partial charge is 0.508 e. The summed E-state index contributed by atoms with van der Waals surface area (Å²) in [5.74, 6) is 1.03. The van der Waals surface area contributed by atoms with Crippen LogP contribution in [0.3, 0.4) is 0 Å². The zero-order chi connectivity index (χ0) is 27.0. The minimum absolute atomic E-state index is 0.0307. The number of aromatic hydroxyl groups is 1. The van der Waals surface area contributed by atoms with Crippen LogP contribution in [0.1, 0.15) is 69.1 Å². The van der Waals surface area contributed by atoms with Gasteiger partial charge in [0.05, 0.1) is 0 Å². The summed E-state index contributed by atoms with van der Waals surface area (Å²) in [5.41, 5.74) is 4.11. The van der Waals surface area contributed by atoms with E-state index in [1.165, 1.54) is 24.9 Å². The van der Waals surface area contributed by atoms with Crippen LogP contribution in [-0.2, 0) is 11.2 Å². The maximum absolute atomic E-state index is 14.8. The van der Waals surface area contributed by atoms with E-state index >= 15 is 0 Å². The van der Waals surface area contributed by atoms with Gasteiger partial charge in [0, 0.05) is 18.4 Å². The van der Waals surface area contributed by atoms with Gasteiger partial charge >= 0.3 is 0 Å². The van der Waals surface area contributed by atoms with Gasteiger partial charge in [-0.05, 0) is 88.6 Å². The highest BCUT2D eigenvalue weighted by molar-refractivity contribution is 7.57. The van der Waals surface area contributed by atoms with Crippen LogP contribution in [0.4, 0.5) is 4.39 Å². The van der Waals surface area contributed by atoms with Crippen LogP contribution >= 0.6 is 7.37 Å². The first kappa shape index (κ1) is 27.4. The number of hydrogen-bond donors (Lipinski definition) is 2. The molecule has 0 spiro atoms. The fourth-order valence-electron chi connectivity index (χ4n) is 4.88. The summed E-state index contributed by atoms with van der Waals surface area (Å²) in [5, 5.41) is 10.00. The third-order valence-corrected chi connectivity index (χ3v) is 8.61. The smallest absolute Gasteiger partial charge is 0.198 e. The Balaban J connectivity index is 1.60. The lowest BCUT2D eigenvalue weighted by molar-refractivity contribution is 0.304. The first-order chi connectivity index (χ1) is 17.3. The number of hydrogen-bond acceptors (Lipinski definition) is 3. The van der Waals surface area contributed by atoms with Crippen molar-refractivity contribution in [3.63, 3.8) is 0 Å². The van der Waals surface area contributed by atoms with Crippen molar-refractivity contribution in [2.24, 2.45) is 11.3 Å². The number of benzene rings is 3. The molecule has 0 amide bonds. The zero-order valence-electron chi connectivity index (χ0n) is 22.4.